The lowest BCUT2D eigenvalue weighted by molar-refractivity contribution is 0.583. The van der Waals surface area contributed by atoms with E-state index < -0.39 is 20.9 Å². The van der Waals surface area contributed by atoms with Crippen LogP contribution in [0.3, 0.4) is 0 Å². The largest absolute Gasteiger partial charge is 0.329 e. The molecule has 3 nitrogen and oxygen atoms in total. The first-order valence-corrected chi connectivity index (χ1v) is 6.81. The van der Waals surface area contributed by atoms with E-state index in [2.05, 4.69) is 0 Å². The minimum atomic E-state index is -3.33. The molecule has 0 aromatic heterocycles. The summed E-state index contributed by atoms with van der Waals surface area (Å²) in [6.07, 6.45) is 0. The van der Waals surface area contributed by atoms with Gasteiger partial charge in [-0.25, -0.2) is 12.8 Å². The van der Waals surface area contributed by atoms with Crippen molar-refractivity contribution >= 4 is 21.4 Å². The molecule has 0 radical (unpaired) electrons. The minimum absolute atomic E-state index is 0.0567. The van der Waals surface area contributed by atoms with Crippen LogP contribution in [0, 0.1) is 5.82 Å². The van der Waals surface area contributed by atoms with Gasteiger partial charge in [0.05, 0.1) is 11.0 Å². The van der Waals surface area contributed by atoms with E-state index in [0.717, 1.165) is 6.07 Å². The van der Waals surface area contributed by atoms with E-state index in [1.165, 1.54) is 19.1 Å². The Morgan fingerprint density at radius 1 is 1.50 bits per heavy atom. The summed E-state index contributed by atoms with van der Waals surface area (Å²) in [5.41, 5.74) is 5.69. The molecule has 0 amide bonds. The molecule has 2 N–H and O–H groups in total. The molecule has 0 spiro atoms. The lowest BCUT2D eigenvalue weighted by atomic mass is 10.2. The van der Waals surface area contributed by atoms with Crippen molar-refractivity contribution in [2.75, 3.05) is 6.54 Å². The van der Waals surface area contributed by atoms with Crippen LogP contribution in [0.5, 0.6) is 0 Å². The SMILES string of the molecule is CC(CN)S(=O)(=O)Cc1ccc(F)cc1Cl. The summed E-state index contributed by atoms with van der Waals surface area (Å²) in [5, 5.41) is -0.513. The first kappa shape index (κ1) is 13.4. The molecule has 0 aliphatic heterocycles. The minimum Gasteiger partial charge on any atom is -0.329 e. The molecule has 0 saturated heterocycles. The van der Waals surface area contributed by atoms with Gasteiger partial charge in [-0.3, -0.25) is 0 Å². The third-order valence-electron chi connectivity index (χ3n) is 2.32. The van der Waals surface area contributed by atoms with Crippen molar-refractivity contribution in [3.63, 3.8) is 0 Å². The van der Waals surface area contributed by atoms with Crippen molar-refractivity contribution in [1.29, 1.82) is 0 Å². The Balaban J connectivity index is 2.97. The van der Waals surface area contributed by atoms with Crippen molar-refractivity contribution in [1.82, 2.24) is 0 Å². The zero-order valence-electron chi connectivity index (χ0n) is 8.78. The zero-order chi connectivity index (χ0) is 12.3. The van der Waals surface area contributed by atoms with Gasteiger partial charge in [-0.15, -0.1) is 0 Å². The molecule has 1 aromatic carbocycles. The molecule has 1 unspecified atom stereocenters. The van der Waals surface area contributed by atoms with Gasteiger partial charge in [-0.05, 0) is 24.6 Å². The number of benzene rings is 1. The van der Waals surface area contributed by atoms with E-state index in [1.807, 2.05) is 0 Å². The van der Waals surface area contributed by atoms with E-state index in [4.69, 9.17) is 17.3 Å². The number of rotatable bonds is 4. The fourth-order valence-electron chi connectivity index (χ4n) is 1.14. The highest BCUT2D eigenvalue weighted by Gasteiger charge is 2.21. The van der Waals surface area contributed by atoms with Gasteiger partial charge in [0.2, 0.25) is 0 Å². The summed E-state index contributed by atoms with van der Waals surface area (Å²) >= 11 is 5.75. The Morgan fingerprint density at radius 3 is 2.62 bits per heavy atom. The molecule has 0 aliphatic carbocycles. The molecule has 1 rings (SSSR count). The van der Waals surface area contributed by atoms with Gasteiger partial charge in [0.15, 0.2) is 9.84 Å². The monoisotopic (exact) mass is 265 g/mol. The lowest BCUT2D eigenvalue weighted by Crippen LogP contribution is -2.27. The third kappa shape index (κ3) is 3.17. The number of hydrogen-bond donors (Lipinski definition) is 1. The fraction of sp³-hybridized carbons (Fsp3) is 0.400. The number of halogens is 2. The Bertz CT molecular complexity index is 476. The molecular weight excluding hydrogens is 253 g/mol. The van der Waals surface area contributed by atoms with Gasteiger partial charge in [-0.1, -0.05) is 17.7 Å². The summed E-state index contributed by atoms with van der Waals surface area (Å²) in [4.78, 5) is 0. The Morgan fingerprint density at radius 2 is 2.12 bits per heavy atom. The van der Waals surface area contributed by atoms with Gasteiger partial charge in [0.1, 0.15) is 5.82 Å². The number of hydrogen-bond acceptors (Lipinski definition) is 3. The summed E-state index contributed by atoms with van der Waals surface area (Å²) in [5.74, 6) is -0.706. The van der Waals surface area contributed by atoms with Gasteiger partial charge in [-0.2, -0.15) is 0 Å². The van der Waals surface area contributed by atoms with Crippen LogP contribution in [0.1, 0.15) is 12.5 Å². The Hall–Kier alpha value is -0.650. The average Bonchev–Trinajstić information content (AvgIpc) is 2.21. The van der Waals surface area contributed by atoms with Crippen LogP contribution in [0.4, 0.5) is 4.39 Å². The molecular formula is C10H13ClFNO2S. The summed E-state index contributed by atoms with van der Waals surface area (Å²) in [6.45, 7) is 1.59. The van der Waals surface area contributed by atoms with Crippen molar-refractivity contribution in [3.05, 3.63) is 34.6 Å². The molecule has 16 heavy (non-hydrogen) atoms. The van der Waals surface area contributed by atoms with Crippen LogP contribution in [-0.2, 0) is 15.6 Å². The third-order valence-corrected chi connectivity index (χ3v) is 4.80. The molecule has 0 bridgehead atoms. The maximum absolute atomic E-state index is 12.8. The summed E-state index contributed by atoms with van der Waals surface area (Å²) in [7, 11) is -3.33. The first-order valence-electron chi connectivity index (χ1n) is 4.72. The zero-order valence-corrected chi connectivity index (χ0v) is 10.4. The normalized spacial score (nSPS) is 13.8. The lowest BCUT2D eigenvalue weighted by Gasteiger charge is -2.11. The molecule has 1 aromatic rings. The van der Waals surface area contributed by atoms with E-state index in [1.54, 1.807) is 0 Å². The van der Waals surface area contributed by atoms with Gasteiger partial charge in [0.25, 0.3) is 0 Å². The highest BCUT2D eigenvalue weighted by atomic mass is 35.5. The predicted octanol–water partition coefficient (Wildman–Crippen LogP) is 1.74. The maximum atomic E-state index is 12.8. The predicted molar refractivity (Wildman–Crippen MR) is 62.6 cm³/mol. The maximum Gasteiger partial charge on any atom is 0.158 e. The Kier molecular flexibility index (Phi) is 4.29. The summed E-state index contributed by atoms with van der Waals surface area (Å²) < 4.78 is 36.2. The smallest absolute Gasteiger partial charge is 0.158 e. The highest BCUT2D eigenvalue weighted by Crippen LogP contribution is 2.21. The number of nitrogens with two attached hydrogens (primary N) is 1. The standard InChI is InChI=1S/C10H13ClFNO2S/c1-7(5-13)16(14,15)6-8-2-3-9(12)4-10(8)11/h2-4,7H,5-6,13H2,1H3. The van der Waals surface area contributed by atoms with Crippen LogP contribution in [0.2, 0.25) is 5.02 Å². The molecule has 0 fully saturated rings. The van der Waals surface area contributed by atoms with Crippen molar-refractivity contribution < 1.29 is 12.8 Å². The fourth-order valence-corrected chi connectivity index (χ4v) is 2.72. The molecule has 90 valence electrons. The highest BCUT2D eigenvalue weighted by molar-refractivity contribution is 7.91. The molecule has 1 atom stereocenters. The average molecular weight is 266 g/mol. The molecule has 0 heterocycles. The Labute approximate surface area is 99.3 Å². The number of sulfone groups is 1. The van der Waals surface area contributed by atoms with Crippen molar-refractivity contribution in [3.8, 4) is 0 Å². The topological polar surface area (TPSA) is 60.2 Å². The van der Waals surface area contributed by atoms with Crippen LogP contribution < -0.4 is 5.73 Å². The van der Waals surface area contributed by atoms with E-state index in [9.17, 15) is 12.8 Å². The van der Waals surface area contributed by atoms with Crippen LogP contribution in [0.25, 0.3) is 0 Å². The van der Waals surface area contributed by atoms with Crippen molar-refractivity contribution in [2.45, 2.75) is 17.9 Å². The first-order chi connectivity index (χ1) is 7.36. The van der Waals surface area contributed by atoms with Crippen LogP contribution in [-0.4, -0.2) is 20.2 Å². The summed E-state index contributed by atoms with van der Waals surface area (Å²) in [6, 6.07) is 3.65. The van der Waals surface area contributed by atoms with Gasteiger partial charge in [0, 0.05) is 11.6 Å². The van der Waals surface area contributed by atoms with Crippen LogP contribution in [0.15, 0.2) is 18.2 Å². The van der Waals surface area contributed by atoms with Crippen molar-refractivity contribution in [2.24, 2.45) is 5.73 Å². The quantitative estimate of drug-likeness (QED) is 0.902. The molecule has 0 aliphatic rings. The van der Waals surface area contributed by atoms with E-state index in [0.29, 0.717) is 5.56 Å². The second-order valence-corrected chi connectivity index (χ2v) is 6.42. The van der Waals surface area contributed by atoms with E-state index in [-0.39, 0.29) is 17.3 Å². The van der Waals surface area contributed by atoms with Gasteiger partial charge >= 0.3 is 0 Å². The second-order valence-electron chi connectivity index (χ2n) is 3.59. The van der Waals surface area contributed by atoms with Crippen LogP contribution >= 0.6 is 11.6 Å². The van der Waals surface area contributed by atoms with Gasteiger partial charge < -0.3 is 5.73 Å². The molecule has 0 saturated carbocycles. The van der Waals surface area contributed by atoms with E-state index >= 15 is 0 Å². The second kappa shape index (κ2) is 5.12. The molecule has 6 heteroatoms.